The van der Waals surface area contributed by atoms with E-state index in [0.717, 1.165) is 4.90 Å². The molecule has 0 spiro atoms. The first kappa shape index (κ1) is 18.4. The number of benzene rings is 1. The predicted molar refractivity (Wildman–Crippen MR) is 97.8 cm³/mol. The molecular formula is C20H19NO6. The molecule has 0 atom stereocenters. The Kier molecular flexibility index (Phi) is 5.40. The molecule has 7 heteroatoms. The molecule has 2 aromatic heterocycles. The summed E-state index contributed by atoms with van der Waals surface area (Å²) in [5, 5.41) is 0.698. The van der Waals surface area contributed by atoms with Crippen LogP contribution in [0.15, 0.2) is 56.3 Å². The van der Waals surface area contributed by atoms with E-state index < -0.39 is 17.4 Å². The molecule has 0 bridgehead atoms. The van der Waals surface area contributed by atoms with Gasteiger partial charge in [-0.15, -0.1) is 0 Å². The van der Waals surface area contributed by atoms with Crippen LogP contribution in [0.2, 0.25) is 0 Å². The Bertz CT molecular complexity index is 1030. The van der Waals surface area contributed by atoms with E-state index in [1.165, 1.54) is 31.6 Å². The summed E-state index contributed by atoms with van der Waals surface area (Å²) in [5.41, 5.74) is 0.575. The molecular weight excluding hydrogens is 350 g/mol. The van der Waals surface area contributed by atoms with Crippen molar-refractivity contribution in [2.24, 2.45) is 0 Å². The summed E-state index contributed by atoms with van der Waals surface area (Å²) in [5.74, 6) is -0.633. The van der Waals surface area contributed by atoms with E-state index in [1.54, 1.807) is 18.2 Å². The van der Waals surface area contributed by atoms with E-state index in [9.17, 15) is 14.4 Å². The van der Waals surface area contributed by atoms with Crippen LogP contribution in [0, 0.1) is 0 Å². The second-order valence-corrected chi connectivity index (χ2v) is 5.93. The summed E-state index contributed by atoms with van der Waals surface area (Å²) in [7, 11) is 1.54. The summed E-state index contributed by atoms with van der Waals surface area (Å²) in [6.45, 7) is 2.06. The van der Waals surface area contributed by atoms with Crippen molar-refractivity contribution in [2.45, 2.75) is 19.8 Å². The number of rotatable bonds is 6. The first-order chi connectivity index (χ1) is 13.0. The lowest BCUT2D eigenvalue weighted by molar-refractivity contribution is -0.128. The third-order valence-corrected chi connectivity index (χ3v) is 4.09. The second kappa shape index (κ2) is 7.90. The molecule has 3 aromatic rings. The molecule has 7 nitrogen and oxygen atoms in total. The van der Waals surface area contributed by atoms with Crippen LogP contribution in [0.3, 0.4) is 0 Å². The van der Waals surface area contributed by atoms with Gasteiger partial charge in [0.1, 0.15) is 11.3 Å². The van der Waals surface area contributed by atoms with Crippen LogP contribution in [-0.2, 0) is 11.2 Å². The van der Waals surface area contributed by atoms with Crippen molar-refractivity contribution in [2.75, 3.05) is 13.7 Å². The summed E-state index contributed by atoms with van der Waals surface area (Å²) < 4.78 is 15.8. The molecule has 2 heterocycles. The Morgan fingerprint density at radius 1 is 1.15 bits per heavy atom. The number of carbonyl (C=O) groups is 2. The lowest BCUT2D eigenvalue weighted by Crippen LogP contribution is -2.38. The van der Waals surface area contributed by atoms with Gasteiger partial charge in [0.2, 0.25) is 5.91 Å². The molecule has 0 aliphatic carbocycles. The highest BCUT2D eigenvalue weighted by atomic mass is 16.5. The van der Waals surface area contributed by atoms with Crippen molar-refractivity contribution in [3.8, 4) is 5.75 Å². The average Bonchev–Trinajstić information content (AvgIpc) is 3.08. The van der Waals surface area contributed by atoms with Crippen LogP contribution in [0.5, 0.6) is 5.75 Å². The molecule has 0 unspecified atom stereocenters. The second-order valence-electron chi connectivity index (χ2n) is 5.93. The van der Waals surface area contributed by atoms with Crippen LogP contribution in [0.4, 0.5) is 0 Å². The van der Waals surface area contributed by atoms with Gasteiger partial charge in [0.05, 0.1) is 25.2 Å². The molecule has 0 fully saturated rings. The number of carbonyl (C=O) groups excluding carboxylic acids is 2. The highest BCUT2D eigenvalue weighted by Crippen LogP contribution is 2.31. The summed E-state index contributed by atoms with van der Waals surface area (Å²) in [6, 6.07) is 9.34. The molecule has 0 N–H and O–H groups in total. The number of hydrogen-bond acceptors (Lipinski definition) is 6. The van der Waals surface area contributed by atoms with Gasteiger partial charge in [0, 0.05) is 18.2 Å². The van der Waals surface area contributed by atoms with Gasteiger partial charge in [-0.25, -0.2) is 4.79 Å². The van der Waals surface area contributed by atoms with Crippen LogP contribution < -0.4 is 10.4 Å². The van der Waals surface area contributed by atoms with Gasteiger partial charge in [-0.2, -0.15) is 0 Å². The van der Waals surface area contributed by atoms with Crippen LogP contribution in [-0.4, -0.2) is 30.4 Å². The number of imide groups is 1. The third kappa shape index (κ3) is 3.76. The first-order valence-electron chi connectivity index (χ1n) is 8.53. The predicted octanol–water partition coefficient (Wildman–Crippen LogP) is 3.02. The molecule has 1 aromatic carbocycles. The van der Waals surface area contributed by atoms with Gasteiger partial charge >= 0.3 is 5.63 Å². The number of amides is 2. The van der Waals surface area contributed by atoms with Crippen molar-refractivity contribution in [3.05, 3.63) is 64.4 Å². The number of nitrogens with zero attached hydrogens (tertiary/aromatic N) is 1. The van der Waals surface area contributed by atoms with Crippen molar-refractivity contribution in [1.29, 1.82) is 0 Å². The van der Waals surface area contributed by atoms with Gasteiger partial charge in [0.25, 0.3) is 5.91 Å². The molecule has 3 rings (SSSR count). The smallest absolute Gasteiger partial charge is 0.336 e. The van der Waals surface area contributed by atoms with Gasteiger partial charge in [0.15, 0.2) is 5.76 Å². The van der Waals surface area contributed by atoms with Crippen LogP contribution >= 0.6 is 0 Å². The molecule has 0 saturated heterocycles. The Hall–Kier alpha value is -3.35. The quantitative estimate of drug-likeness (QED) is 0.663. The molecule has 0 aliphatic rings. The highest BCUT2D eigenvalue weighted by Gasteiger charge is 2.25. The maximum absolute atomic E-state index is 12.8. The zero-order valence-electron chi connectivity index (χ0n) is 15.1. The van der Waals surface area contributed by atoms with E-state index in [4.69, 9.17) is 13.6 Å². The van der Waals surface area contributed by atoms with E-state index in [0.29, 0.717) is 28.7 Å². The standard InChI is InChI=1S/C20H19NO6/c1-3-10-21(20(24)16-8-5-9-18(23)27-16)17(22)11-13-12-26-15-7-4-6-14(25-2)19(13)15/h4-9,12H,3,10-11H2,1-2H3. The maximum atomic E-state index is 12.8. The number of furan rings is 1. The van der Waals surface area contributed by atoms with E-state index in [-0.39, 0.29) is 18.7 Å². The van der Waals surface area contributed by atoms with Crippen molar-refractivity contribution >= 4 is 22.8 Å². The zero-order valence-corrected chi connectivity index (χ0v) is 15.1. The Morgan fingerprint density at radius 2 is 1.93 bits per heavy atom. The summed E-state index contributed by atoms with van der Waals surface area (Å²) >= 11 is 0. The van der Waals surface area contributed by atoms with Gasteiger partial charge in [-0.1, -0.05) is 19.1 Å². The number of ether oxygens (including phenoxy) is 1. The molecule has 2 amide bonds. The number of hydrogen-bond donors (Lipinski definition) is 0. The minimum Gasteiger partial charge on any atom is -0.496 e. The van der Waals surface area contributed by atoms with Gasteiger partial charge < -0.3 is 13.6 Å². The molecule has 0 aliphatic heterocycles. The van der Waals surface area contributed by atoms with Crippen molar-refractivity contribution < 1.29 is 23.2 Å². The van der Waals surface area contributed by atoms with Crippen molar-refractivity contribution in [3.63, 3.8) is 0 Å². The zero-order chi connectivity index (χ0) is 19.4. The fourth-order valence-electron chi connectivity index (χ4n) is 2.88. The fourth-order valence-corrected chi connectivity index (χ4v) is 2.88. The Labute approximate surface area is 155 Å². The largest absolute Gasteiger partial charge is 0.496 e. The highest BCUT2D eigenvalue weighted by molar-refractivity contribution is 6.04. The van der Waals surface area contributed by atoms with E-state index in [2.05, 4.69) is 0 Å². The minimum atomic E-state index is -0.643. The van der Waals surface area contributed by atoms with E-state index >= 15 is 0 Å². The Morgan fingerprint density at radius 3 is 2.63 bits per heavy atom. The topological polar surface area (TPSA) is 90.0 Å². The summed E-state index contributed by atoms with van der Waals surface area (Å²) in [4.78, 5) is 38.0. The molecule has 27 heavy (non-hydrogen) atoms. The number of methoxy groups -OCH3 is 1. The van der Waals surface area contributed by atoms with Crippen LogP contribution in [0.1, 0.15) is 29.5 Å². The monoisotopic (exact) mass is 369 g/mol. The number of fused-ring (bicyclic) bond motifs is 1. The Balaban J connectivity index is 1.90. The molecule has 0 saturated carbocycles. The first-order valence-corrected chi connectivity index (χ1v) is 8.53. The minimum absolute atomic E-state index is 0.0455. The fraction of sp³-hybridized carbons (Fsp3) is 0.250. The summed E-state index contributed by atoms with van der Waals surface area (Å²) in [6.07, 6.45) is 2.02. The lowest BCUT2D eigenvalue weighted by atomic mass is 10.1. The van der Waals surface area contributed by atoms with Gasteiger partial charge in [-0.05, 0) is 24.6 Å². The normalized spacial score (nSPS) is 10.7. The van der Waals surface area contributed by atoms with Crippen LogP contribution in [0.25, 0.3) is 11.0 Å². The molecule has 140 valence electrons. The van der Waals surface area contributed by atoms with Gasteiger partial charge in [-0.3, -0.25) is 14.5 Å². The molecule has 0 radical (unpaired) electrons. The lowest BCUT2D eigenvalue weighted by Gasteiger charge is -2.19. The third-order valence-electron chi connectivity index (χ3n) is 4.09. The maximum Gasteiger partial charge on any atom is 0.336 e. The van der Waals surface area contributed by atoms with E-state index in [1.807, 2.05) is 6.92 Å². The van der Waals surface area contributed by atoms with Crippen molar-refractivity contribution in [1.82, 2.24) is 4.90 Å². The SMILES string of the molecule is CCCN(C(=O)Cc1coc2cccc(OC)c12)C(=O)c1cccc(=O)o1. The average molecular weight is 369 g/mol.